The van der Waals surface area contributed by atoms with Gasteiger partial charge in [0, 0.05) is 22.8 Å². The topological polar surface area (TPSA) is 65.5 Å². The van der Waals surface area contributed by atoms with E-state index >= 15 is 0 Å². The van der Waals surface area contributed by atoms with Gasteiger partial charge in [0.25, 0.3) is 0 Å². The van der Waals surface area contributed by atoms with E-state index < -0.39 is 0 Å². The lowest BCUT2D eigenvalue weighted by molar-refractivity contribution is -0.119. The van der Waals surface area contributed by atoms with E-state index in [1.54, 1.807) is 11.3 Å². The Balaban J connectivity index is 0.00000361. The Morgan fingerprint density at radius 2 is 1.90 bits per heavy atom. The SMILES string of the molecule is CCNC(=O)CN=C(NCC)NCc1ccc(C)s1.I. The predicted molar refractivity (Wildman–Crippen MR) is 96.0 cm³/mol. The Kier molecular flexibility index (Phi) is 10.4. The number of amides is 1. The summed E-state index contributed by atoms with van der Waals surface area (Å²) in [6, 6.07) is 4.20. The van der Waals surface area contributed by atoms with Gasteiger partial charge in [-0.1, -0.05) is 0 Å². The van der Waals surface area contributed by atoms with E-state index in [1.807, 2.05) is 13.8 Å². The highest BCUT2D eigenvalue weighted by Crippen LogP contribution is 2.14. The first kappa shape index (κ1) is 19.2. The van der Waals surface area contributed by atoms with E-state index in [9.17, 15) is 4.79 Å². The van der Waals surface area contributed by atoms with Crippen molar-refractivity contribution in [1.29, 1.82) is 0 Å². The summed E-state index contributed by atoms with van der Waals surface area (Å²) < 4.78 is 0. The molecule has 0 bridgehead atoms. The Morgan fingerprint density at radius 1 is 1.20 bits per heavy atom. The van der Waals surface area contributed by atoms with Gasteiger partial charge in [-0.2, -0.15) is 0 Å². The first-order chi connectivity index (χ1) is 9.15. The number of hydrogen-bond donors (Lipinski definition) is 3. The number of carbonyl (C=O) groups is 1. The first-order valence-corrected chi connectivity index (χ1v) is 7.31. The monoisotopic (exact) mass is 410 g/mol. The summed E-state index contributed by atoms with van der Waals surface area (Å²) in [5, 5.41) is 9.06. The molecule has 0 unspecified atom stereocenters. The summed E-state index contributed by atoms with van der Waals surface area (Å²) in [7, 11) is 0. The molecule has 0 aliphatic heterocycles. The molecule has 20 heavy (non-hydrogen) atoms. The van der Waals surface area contributed by atoms with E-state index in [2.05, 4.69) is 40.0 Å². The Morgan fingerprint density at radius 3 is 2.45 bits per heavy atom. The summed E-state index contributed by atoms with van der Waals surface area (Å²) in [5.41, 5.74) is 0. The second-order valence-electron chi connectivity index (χ2n) is 4.01. The highest BCUT2D eigenvalue weighted by Gasteiger charge is 2.02. The number of halogens is 1. The minimum absolute atomic E-state index is 0. The van der Waals surface area contributed by atoms with Crippen LogP contribution in [-0.2, 0) is 11.3 Å². The fraction of sp³-hybridized carbons (Fsp3) is 0.538. The quantitative estimate of drug-likeness (QED) is 0.381. The molecule has 0 spiro atoms. The average molecular weight is 410 g/mol. The zero-order valence-corrected chi connectivity index (χ0v) is 15.3. The molecular weight excluding hydrogens is 387 g/mol. The van der Waals surface area contributed by atoms with Crippen LogP contribution < -0.4 is 16.0 Å². The molecule has 0 fully saturated rings. The summed E-state index contributed by atoms with van der Waals surface area (Å²) in [6.07, 6.45) is 0. The van der Waals surface area contributed by atoms with E-state index in [0.29, 0.717) is 12.5 Å². The summed E-state index contributed by atoms with van der Waals surface area (Å²) >= 11 is 1.76. The van der Waals surface area contributed by atoms with Gasteiger partial charge in [-0.15, -0.1) is 35.3 Å². The average Bonchev–Trinajstić information content (AvgIpc) is 2.79. The van der Waals surface area contributed by atoms with Crippen LogP contribution in [0.3, 0.4) is 0 Å². The van der Waals surface area contributed by atoms with Gasteiger partial charge in [0.15, 0.2) is 5.96 Å². The number of carbonyl (C=O) groups excluding carboxylic acids is 1. The molecule has 1 aromatic heterocycles. The molecule has 0 radical (unpaired) electrons. The smallest absolute Gasteiger partial charge is 0.241 e. The van der Waals surface area contributed by atoms with Crippen molar-refractivity contribution in [1.82, 2.24) is 16.0 Å². The minimum Gasteiger partial charge on any atom is -0.357 e. The van der Waals surface area contributed by atoms with Crippen molar-refractivity contribution in [2.75, 3.05) is 19.6 Å². The normalized spacial score (nSPS) is 10.7. The number of aryl methyl sites for hydroxylation is 1. The summed E-state index contributed by atoms with van der Waals surface area (Å²) in [4.78, 5) is 18.1. The molecule has 1 rings (SSSR count). The van der Waals surface area contributed by atoms with Crippen LogP contribution in [0.1, 0.15) is 23.6 Å². The van der Waals surface area contributed by atoms with Crippen LogP contribution >= 0.6 is 35.3 Å². The highest BCUT2D eigenvalue weighted by atomic mass is 127. The molecule has 1 heterocycles. The third-order valence-corrected chi connectivity index (χ3v) is 3.33. The second-order valence-corrected chi connectivity index (χ2v) is 5.39. The van der Waals surface area contributed by atoms with E-state index in [1.165, 1.54) is 9.75 Å². The number of hydrogen-bond acceptors (Lipinski definition) is 3. The number of rotatable bonds is 6. The Labute approximate surface area is 141 Å². The van der Waals surface area contributed by atoms with Crippen molar-refractivity contribution in [3.05, 3.63) is 21.9 Å². The lowest BCUT2D eigenvalue weighted by atomic mass is 10.4. The van der Waals surface area contributed by atoms with Crippen molar-refractivity contribution in [3.8, 4) is 0 Å². The van der Waals surface area contributed by atoms with Crippen molar-refractivity contribution in [3.63, 3.8) is 0 Å². The third kappa shape index (κ3) is 7.68. The van der Waals surface area contributed by atoms with Crippen LogP contribution in [0.5, 0.6) is 0 Å². The zero-order valence-electron chi connectivity index (χ0n) is 12.2. The van der Waals surface area contributed by atoms with Crippen LogP contribution in [0.4, 0.5) is 0 Å². The zero-order chi connectivity index (χ0) is 14.1. The first-order valence-electron chi connectivity index (χ1n) is 6.49. The van der Waals surface area contributed by atoms with E-state index in [0.717, 1.165) is 13.1 Å². The molecular formula is C13H23IN4OS. The number of nitrogens with one attached hydrogen (secondary N) is 3. The van der Waals surface area contributed by atoms with Gasteiger partial charge in [0.1, 0.15) is 6.54 Å². The second kappa shape index (κ2) is 10.9. The van der Waals surface area contributed by atoms with Crippen molar-refractivity contribution >= 4 is 47.2 Å². The van der Waals surface area contributed by atoms with E-state index in [-0.39, 0.29) is 36.4 Å². The summed E-state index contributed by atoms with van der Waals surface area (Å²) in [5.74, 6) is 0.603. The van der Waals surface area contributed by atoms with Gasteiger partial charge >= 0.3 is 0 Å². The Bertz CT molecular complexity index is 434. The van der Waals surface area contributed by atoms with Crippen LogP contribution in [0.25, 0.3) is 0 Å². The third-order valence-electron chi connectivity index (χ3n) is 2.33. The molecule has 0 aliphatic carbocycles. The molecule has 1 aromatic rings. The van der Waals surface area contributed by atoms with Crippen LogP contribution in [0.15, 0.2) is 17.1 Å². The van der Waals surface area contributed by atoms with Gasteiger partial charge in [-0.3, -0.25) is 4.79 Å². The van der Waals surface area contributed by atoms with Crippen molar-refractivity contribution in [2.24, 2.45) is 4.99 Å². The maximum atomic E-state index is 11.4. The number of guanidine groups is 1. The predicted octanol–water partition coefficient (Wildman–Crippen LogP) is 1.87. The molecule has 0 saturated carbocycles. The number of thiophene rings is 1. The molecule has 7 heteroatoms. The fourth-order valence-electron chi connectivity index (χ4n) is 1.50. The van der Waals surface area contributed by atoms with Crippen LogP contribution in [-0.4, -0.2) is 31.5 Å². The maximum absolute atomic E-state index is 11.4. The molecule has 0 aromatic carbocycles. The number of aliphatic imine (C=N–C) groups is 1. The Hall–Kier alpha value is -0.830. The molecule has 0 saturated heterocycles. The largest absolute Gasteiger partial charge is 0.357 e. The minimum atomic E-state index is -0.0633. The molecule has 3 N–H and O–H groups in total. The van der Waals surface area contributed by atoms with E-state index in [4.69, 9.17) is 0 Å². The van der Waals surface area contributed by atoms with Gasteiger partial charge in [0.2, 0.25) is 5.91 Å². The van der Waals surface area contributed by atoms with Gasteiger partial charge in [-0.25, -0.2) is 4.99 Å². The molecule has 0 aliphatic rings. The van der Waals surface area contributed by atoms with Crippen molar-refractivity contribution < 1.29 is 4.79 Å². The van der Waals surface area contributed by atoms with Crippen LogP contribution in [0.2, 0.25) is 0 Å². The maximum Gasteiger partial charge on any atom is 0.241 e. The number of nitrogens with zero attached hydrogens (tertiary/aromatic N) is 1. The summed E-state index contributed by atoms with van der Waals surface area (Å²) in [6.45, 7) is 8.25. The lowest BCUT2D eigenvalue weighted by Gasteiger charge is -2.10. The van der Waals surface area contributed by atoms with Crippen LogP contribution in [0, 0.1) is 6.92 Å². The standard InChI is InChI=1S/C13H22N4OS.HI/c1-4-14-12(18)9-17-13(15-5-2)16-8-11-7-6-10(3)19-11;/h6-7H,4-5,8-9H2,1-3H3,(H,14,18)(H2,15,16,17);1H. The molecule has 5 nitrogen and oxygen atoms in total. The molecule has 1 amide bonds. The van der Waals surface area contributed by atoms with Gasteiger partial charge < -0.3 is 16.0 Å². The van der Waals surface area contributed by atoms with Gasteiger partial charge in [0.05, 0.1) is 6.54 Å². The molecule has 114 valence electrons. The fourth-order valence-corrected chi connectivity index (χ4v) is 2.33. The number of likely N-dealkylation sites (N-methyl/N-ethyl adjacent to an activating group) is 1. The van der Waals surface area contributed by atoms with Gasteiger partial charge in [-0.05, 0) is 32.9 Å². The molecule has 0 atom stereocenters. The lowest BCUT2D eigenvalue weighted by Crippen LogP contribution is -2.38. The highest BCUT2D eigenvalue weighted by molar-refractivity contribution is 14.0. The van der Waals surface area contributed by atoms with Crippen molar-refractivity contribution in [2.45, 2.75) is 27.3 Å².